The Kier molecular flexibility index (Phi) is 1.56. The van der Waals surface area contributed by atoms with Crippen LogP contribution in [-0.2, 0) is 4.79 Å². The Morgan fingerprint density at radius 2 is 2.07 bits per heavy atom. The molecular weight excluding hydrogens is 176 g/mol. The van der Waals surface area contributed by atoms with Gasteiger partial charge in [-0.1, -0.05) is 6.92 Å². The topological polar surface area (TPSA) is 41.5 Å². The van der Waals surface area contributed by atoms with Crippen molar-refractivity contribution in [3.63, 3.8) is 0 Å². The van der Waals surface area contributed by atoms with Gasteiger partial charge in [0.05, 0.1) is 12.0 Å². The second-order valence-corrected chi connectivity index (χ2v) is 4.98. The monoisotopic (exact) mass is 192 g/mol. The summed E-state index contributed by atoms with van der Waals surface area (Å²) in [6, 6.07) is 0.303. The number of fused-ring (bicyclic) bond motifs is 5. The molecule has 1 aliphatic heterocycles. The third-order valence-corrected chi connectivity index (χ3v) is 4.40. The number of aliphatic imine (C=N–C) groups is 1. The highest BCUT2D eigenvalue weighted by Crippen LogP contribution is 2.54. The molecule has 3 nitrogen and oxygen atoms in total. The number of hydrogen-bond donors (Lipinski definition) is 1. The van der Waals surface area contributed by atoms with Gasteiger partial charge in [-0.3, -0.25) is 9.79 Å². The van der Waals surface area contributed by atoms with Crippen LogP contribution in [0.25, 0.3) is 0 Å². The molecule has 14 heavy (non-hydrogen) atoms. The number of nitrogens with one attached hydrogen (secondary N) is 1. The number of rotatable bonds is 0. The van der Waals surface area contributed by atoms with Gasteiger partial charge >= 0.3 is 0 Å². The molecule has 3 aliphatic rings. The second kappa shape index (κ2) is 2.59. The number of carbonyl (C=O) groups excluding carboxylic acids is 1. The third kappa shape index (κ3) is 0.877. The molecule has 0 aromatic heterocycles. The van der Waals surface area contributed by atoms with E-state index in [4.69, 9.17) is 0 Å². The van der Waals surface area contributed by atoms with Crippen LogP contribution in [0.3, 0.4) is 0 Å². The molecule has 2 fully saturated rings. The Morgan fingerprint density at radius 3 is 2.86 bits per heavy atom. The van der Waals surface area contributed by atoms with Gasteiger partial charge in [0.25, 0.3) is 0 Å². The van der Waals surface area contributed by atoms with Gasteiger partial charge in [0.1, 0.15) is 5.84 Å². The van der Waals surface area contributed by atoms with Crippen LogP contribution in [0.5, 0.6) is 0 Å². The van der Waals surface area contributed by atoms with Crippen molar-refractivity contribution in [3.8, 4) is 0 Å². The first-order chi connectivity index (χ1) is 6.68. The van der Waals surface area contributed by atoms with E-state index in [2.05, 4.69) is 17.2 Å². The summed E-state index contributed by atoms with van der Waals surface area (Å²) in [6.07, 6.45) is 2.51. The van der Waals surface area contributed by atoms with Crippen LogP contribution in [0.4, 0.5) is 0 Å². The zero-order valence-electron chi connectivity index (χ0n) is 8.66. The lowest BCUT2D eigenvalue weighted by molar-refractivity contribution is -0.126. The van der Waals surface area contributed by atoms with Gasteiger partial charge in [-0.25, -0.2) is 0 Å². The molecule has 0 aromatic carbocycles. The summed E-state index contributed by atoms with van der Waals surface area (Å²) < 4.78 is 0. The molecule has 5 unspecified atom stereocenters. The average Bonchev–Trinajstić information content (AvgIpc) is 2.59. The van der Waals surface area contributed by atoms with Crippen molar-refractivity contribution in [3.05, 3.63) is 0 Å². The van der Waals surface area contributed by atoms with E-state index in [-0.39, 0.29) is 11.8 Å². The van der Waals surface area contributed by atoms with Crippen LogP contribution in [0.15, 0.2) is 4.99 Å². The van der Waals surface area contributed by atoms with Gasteiger partial charge in [0.15, 0.2) is 0 Å². The first-order valence-corrected chi connectivity index (χ1v) is 5.54. The molecule has 2 aliphatic carbocycles. The number of amidine groups is 1. The van der Waals surface area contributed by atoms with E-state index in [9.17, 15) is 4.79 Å². The lowest BCUT2D eigenvalue weighted by atomic mass is 9.83. The van der Waals surface area contributed by atoms with E-state index < -0.39 is 0 Å². The molecule has 2 saturated carbocycles. The highest BCUT2D eigenvalue weighted by molar-refractivity contribution is 6.00. The van der Waals surface area contributed by atoms with Gasteiger partial charge in [-0.15, -0.1) is 0 Å². The van der Waals surface area contributed by atoms with E-state index in [1.165, 1.54) is 12.8 Å². The third-order valence-electron chi connectivity index (χ3n) is 4.40. The van der Waals surface area contributed by atoms with Crippen molar-refractivity contribution in [1.29, 1.82) is 0 Å². The van der Waals surface area contributed by atoms with Crippen molar-refractivity contribution in [1.82, 2.24) is 5.32 Å². The molecule has 0 saturated heterocycles. The molecule has 3 rings (SSSR count). The highest BCUT2D eigenvalue weighted by atomic mass is 16.2. The predicted octanol–water partition coefficient (Wildman–Crippen LogP) is 1.20. The van der Waals surface area contributed by atoms with Crippen molar-refractivity contribution in [2.24, 2.45) is 28.7 Å². The molecule has 76 valence electrons. The quantitative estimate of drug-likeness (QED) is 0.615. The van der Waals surface area contributed by atoms with Crippen LogP contribution < -0.4 is 5.32 Å². The number of amides is 1. The van der Waals surface area contributed by atoms with E-state index >= 15 is 0 Å². The maximum Gasteiger partial charge on any atom is 0.230 e. The van der Waals surface area contributed by atoms with E-state index in [0.29, 0.717) is 23.8 Å². The lowest BCUT2D eigenvalue weighted by Gasteiger charge is -2.31. The van der Waals surface area contributed by atoms with E-state index in [1.54, 1.807) is 0 Å². The number of carbonyl (C=O) groups is 1. The summed E-state index contributed by atoms with van der Waals surface area (Å²) in [6.45, 7) is 4.18. The largest absolute Gasteiger partial charge is 0.314 e. The predicted molar refractivity (Wildman–Crippen MR) is 53.9 cm³/mol. The summed E-state index contributed by atoms with van der Waals surface area (Å²) in [5.41, 5.74) is 0. The van der Waals surface area contributed by atoms with Gasteiger partial charge in [-0.05, 0) is 37.5 Å². The van der Waals surface area contributed by atoms with E-state index in [0.717, 1.165) is 5.84 Å². The fraction of sp³-hybridized carbons (Fsp3) is 0.818. The maximum atomic E-state index is 11.8. The van der Waals surface area contributed by atoms with Crippen molar-refractivity contribution < 1.29 is 4.79 Å². The van der Waals surface area contributed by atoms with Gasteiger partial charge < -0.3 is 5.32 Å². The highest BCUT2D eigenvalue weighted by Gasteiger charge is 2.56. The zero-order valence-corrected chi connectivity index (χ0v) is 8.66. The second-order valence-electron chi connectivity index (χ2n) is 4.98. The lowest BCUT2D eigenvalue weighted by Crippen LogP contribution is -2.47. The number of nitrogens with zero attached hydrogens (tertiary/aromatic N) is 1. The minimum atomic E-state index is 0.187. The molecule has 5 atom stereocenters. The summed E-state index contributed by atoms with van der Waals surface area (Å²) >= 11 is 0. The van der Waals surface area contributed by atoms with Crippen molar-refractivity contribution in [2.45, 2.75) is 32.7 Å². The normalized spacial score (nSPS) is 50.0. The average molecular weight is 192 g/mol. The Hall–Kier alpha value is -0.860. The summed E-state index contributed by atoms with van der Waals surface area (Å²) in [7, 11) is 0. The summed E-state index contributed by atoms with van der Waals surface area (Å²) in [4.78, 5) is 16.4. The van der Waals surface area contributed by atoms with Crippen molar-refractivity contribution in [2.75, 3.05) is 0 Å². The minimum Gasteiger partial charge on any atom is -0.314 e. The van der Waals surface area contributed by atoms with Crippen LogP contribution in [0.2, 0.25) is 0 Å². The maximum absolute atomic E-state index is 11.8. The molecule has 3 heteroatoms. The summed E-state index contributed by atoms with van der Waals surface area (Å²) in [5, 5.41) is 2.87. The first kappa shape index (κ1) is 8.45. The molecule has 0 radical (unpaired) electrons. The van der Waals surface area contributed by atoms with Gasteiger partial charge in [0, 0.05) is 0 Å². The minimum absolute atomic E-state index is 0.187. The standard InChI is InChI=1S/C11H16N2O/c1-5-7-3-4-8(5)10-9(7)11(14)13-6(2)12-10/h5,7-10H,3-4H2,1-2H3,(H,12,13,14). The number of hydrogen-bond acceptors (Lipinski definition) is 2. The Bertz CT molecular complexity index is 323. The molecule has 0 aromatic rings. The molecular formula is C11H16N2O. The van der Waals surface area contributed by atoms with Crippen LogP contribution in [0, 0.1) is 23.7 Å². The van der Waals surface area contributed by atoms with E-state index in [1.807, 2.05) is 6.92 Å². The van der Waals surface area contributed by atoms with Gasteiger partial charge in [-0.2, -0.15) is 0 Å². The molecule has 2 bridgehead atoms. The van der Waals surface area contributed by atoms with Crippen LogP contribution in [-0.4, -0.2) is 17.8 Å². The van der Waals surface area contributed by atoms with Gasteiger partial charge in [0.2, 0.25) is 5.91 Å². The molecule has 1 N–H and O–H groups in total. The fourth-order valence-electron chi connectivity index (χ4n) is 3.78. The van der Waals surface area contributed by atoms with Crippen LogP contribution in [0.1, 0.15) is 26.7 Å². The Balaban J connectivity index is 2.01. The van der Waals surface area contributed by atoms with Crippen LogP contribution >= 0.6 is 0 Å². The zero-order chi connectivity index (χ0) is 9.87. The van der Waals surface area contributed by atoms with Crippen molar-refractivity contribution >= 4 is 11.7 Å². The first-order valence-electron chi connectivity index (χ1n) is 5.54. The summed E-state index contributed by atoms with van der Waals surface area (Å²) in [5.74, 6) is 3.20. The SMILES string of the molecule is CC1=NC2C3CCC(C3C)C2C(=O)N1. The molecule has 0 spiro atoms. The molecule has 1 amide bonds. The fourth-order valence-corrected chi connectivity index (χ4v) is 3.78. The Morgan fingerprint density at radius 1 is 1.36 bits per heavy atom. The smallest absolute Gasteiger partial charge is 0.230 e. The molecule has 1 heterocycles. The Labute approximate surface area is 84.0 Å².